The second kappa shape index (κ2) is 16.2. The summed E-state index contributed by atoms with van der Waals surface area (Å²) in [6.45, 7) is 6.75. The lowest BCUT2D eigenvalue weighted by molar-refractivity contribution is 0.418. The van der Waals surface area contributed by atoms with Gasteiger partial charge in [0.05, 0.1) is 0 Å². The van der Waals surface area contributed by atoms with Gasteiger partial charge in [0.15, 0.2) is 29.1 Å². The third-order valence-corrected chi connectivity index (χ3v) is 12.6. The highest BCUT2D eigenvalue weighted by molar-refractivity contribution is 5.77. The van der Waals surface area contributed by atoms with E-state index >= 15 is 0 Å². The van der Waals surface area contributed by atoms with E-state index in [0.29, 0.717) is 29.1 Å². The molecule has 0 N–H and O–H groups in total. The average molecular weight is 841 g/mol. The number of benzene rings is 7. The van der Waals surface area contributed by atoms with Gasteiger partial charge < -0.3 is 4.74 Å². The van der Waals surface area contributed by atoms with Crippen LogP contribution in [0.15, 0.2) is 200 Å². The first kappa shape index (κ1) is 39.7. The number of rotatable bonds is 8. The zero-order valence-corrected chi connectivity index (χ0v) is 36.4. The van der Waals surface area contributed by atoms with Gasteiger partial charge in [0.2, 0.25) is 0 Å². The van der Waals surface area contributed by atoms with Gasteiger partial charge >= 0.3 is 0 Å². The quantitative estimate of drug-likeness (QED) is 0.151. The van der Waals surface area contributed by atoms with Crippen LogP contribution in [0.1, 0.15) is 44.1 Å². The lowest BCUT2D eigenvalue weighted by Crippen LogP contribution is -2.24. The van der Waals surface area contributed by atoms with E-state index in [0.717, 1.165) is 84.9 Å². The summed E-state index contributed by atoms with van der Waals surface area (Å²) in [5.74, 6) is 5.66. The van der Waals surface area contributed by atoms with Crippen LogP contribution in [0.3, 0.4) is 0 Å². The van der Waals surface area contributed by atoms with Crippen molar-refractivity contribution in [1.29, 1.82) is 0 Å². The third-order valence-electron chi connectivity index (χ3n) is 12.6. The van der Waals surface area contributed by atoms with Gasteiger partial charge in [-0.25, -0.2) is 29.9 Å². The first-order valence-corrected chi connectivity index (χ1v) is 22.0. The molecule has 1 aliphatic heterocycles. The average Bonchev–Trinajstić information content (AvgIpc) is 3.37. The van der Waals surface area contributed by atoms with Crippen molar-refractivity contribution in [2.45, 2.75) is 38.0 Å². The van der Waals surface area contributed by atoms with Gasteiger partial charge in [0, 0.05) is 49.8 Å². The molecule has 0 bridgehead atoms. The van der Waals surface area contributed by atoms with Crippen molar-refractivity contribution >= 4 is 0 Å². The van der Waals surface area contributed by atoms with Crippen LogP contribution < -0.4 is 4.74 Å². The van der Waals surface area contributed by atoms with Gasteiger partial charge in [0.25, 0.3) is 0 Å². The summed E-state index contributed by atoms with van der Waals surface area (Å²) in [5, 5.41) is 0. The second-order valence-electron chi connectivity index (χ2n) is 17.4. The van der Waals surface area contributed by atoms with Gasteiger partial charge in [-0.05, 0) is 72.0 Å². The smallest absolute Gasteiger partial charge is 0.164 e. The summed E-state index contributed by atoms with van der Waals surface area (Å²) in [6, 6.07) is 60.2. The largest absolute Gasteiger partial charge is 0.457 e. The summed E-state index contributed by atoms with van der Waals surface area (Å²) < 4.78 is 6.66. The summed E-state index contributed by atoms with van der Waals surface area (Å²) in [6.07, 6.45) is 9.34. The van der Waals surface area contributed by atoms with Crippen molar-refractivity contribution in [3.05, 3.63) is 217 Å². The number of hydrogen-bond donors (Lipinski definition) is 0. The molecule has 65 heavy (non-hydrogen) atoms. The minimum Gasteiger partial charge on any atom is -0.457 e. The molecule has 2 aliphatic rings. The molecule has 7 nitrogen and oxygen atoms in total. The van der Waals surface area contributed by atoms with Crippen LogP contribution in [0.5, 0.6) is 11.5 Å². The van der Waals surface area contributed by atoms with Crippen LogP contribution in [-0.4, -0.2) is 29.9 Å². The van der Waals surface area contributed by atoms with Crippen molar-refractivity contribution in [1.82, 2.24) is 29.9 Å². The monoisotopic (exact) mass is 840 g/mol. The standard InChI is InChI=1S/C58H44N6O/c1-57(2)47-36-43(41-24-16-26-45(34-41)54-60-51(38-18-8-4-9-19-38)59-52(61-54)39-20-10-5-11-21-39)28-30-49(47)65-50-31-29-44(37-48(50)57)42-25-17-27-46(35-42)55-62-53(40-22-12-6-13-23-40)63-56(64-55)58(3)32-14-7-15-33-58/h4-32,34-37H,33H2,1-3H3. The topological polar surface area (TPSA) is 86.6 Å². The summed E-state index contributed by atoms with van der Waals surface area (Å²) >= 11 is 0. The minimum atomic E-state index is -0.376. The number of allylic oxidation sites excluding steroid dienone is 4. The molecule has 1 aliphatic carbocycles. The molecule has 2 aromatic heterocycles. The van der Waals surface area contributed by atoms with Crippen molar-refractivity contribution in [2.24, 2.45) is 0 Å². The first-order valence-electron chi connectivity index (χ1n) is 22.0. The van der Waals surface area contributed by atoms with E-state index in [1.807, 2.05) is 91.0 Å². The van der Waals surface area contributed by atoms with Gasteiger partial charge in [-0.15, -0.1) is 0 Å². The van der Waals surface area contributed by atoms with Crippen molar-refractivity contribution in [3.63, 3.8) is 0 Å². The van der Waals surface area contributed by atoms with Crippen molar-refractivity contribution < 1.29 is 4.74 Å². The molecule has 7 aromatic carbocycles. The Kier molecular flexibility index (Phi) is 9.88. The normalized spacial score (nSPS) is 15.7. The van der Waals surface area contributed by atoms with Crippen LogP contribution in [0.25, 0.3) is 79.2 Å². The second-order valence-corrected chi connectivity index (χ2v) is 17.4. The molecule has 9 aromatic rings. The van der Waals surface area contributed by atoms with E-state index in [1.54, 1.807) is 0 Å². The predicted octanol–water partition coefficient (Wildman–Crippen LogP) is 13.9. The fraction of sp³-hybridized carbons (Fsp3) is 0.103. The molecule has 0 saturated heterocycles. The molecule has 7 heteroatoms. The zero-order chi connectivity index (χ0) is 44.0. The van der Waals surface area contributed by atoms with E-state index < -0.39 is 0 Å². The number of nitrogens with zero attached hydrogens (tertiary/aromatic N) is 6. The Morgan fingerprint density at radius 1 is 0.369 bits per heavy atom. The molecule has 0 radical (unpaired) electrons. The fourth-order valence-electron chi connectivity index (χ4n) is 8.82. The molecule has 312 valence electrons. The lowest BCUT2D eigenvalue weighted by Gasteiger charge is -2.35. The van der Waals surface area contributed by atoms with Crippen molar-refractivity contribution in [2.75, 3.05) is 0 Å². The molecular formula is C58H44N6O. The van der Waals surface area contributed by atoms with Crippen molar-refractivity contribution in [3.8, 4) is 90.7 Å². The maximum absolute atomic E-state index is 6.66. The molecule has 11 rings (SSSR count). The summed E-state index contributed by atoms with van der Waals surface area (Å²) in [5.41, 5.74) is 10.5. The number of hydrogen-bond acceptors (Lipinski definition) is 7. The molecule has 0 amide bonds. The molecule has 0 spiro atoms. The summed E-state index contributed by atoms with van der Waals surface area (Å²) in [4.78, 5) is 30.1. The van der Waals surface area contributed by atoms with Crippen LogP contribution in [0, 0.1) is 0 Å². The Hall–Kier alpha value is -8.16. The molecule has 1 atom stereocenters. The van der Waals surface area contributed by atoms with Gasteiger partial charge in [-0.1, -0.05) is 178 Å². The Morgan fingerprint density at radius 2 is 0.754 bits per heavy atom. The van der Waals surface area contributed by atoms with E-state index in [1.165, 1.54) is 0 Å². The highest BCUT2D eigenvalue weighted by Gasteiger charge is 2.35. The van der Waals surface area contributed by atoms with Gasteiger partial charge in [-0.2, -0.15) is 0 Å². The number of aromatic nitrogens is 6. The van der Waals surface area contributed by atoms with E-state index in [4.69, 9.17) is 34.6 Å². The highest BCUT2D eigenvalue weighted by atomic mass is 16.5. The minimum absolute atomic E-state index is 0.343. The molecular weight excluding hydrogens is 797 g/mol. The first-order chi connectivity index (χ1) is 31.8. The lowest BCUT2D eigenvalue weighted by atomic mass is 9.74. The van der Waals surface area contributed by atoms with Crippen LogP contribution in [-0.2, 0) is 10.8 Å². The van der Waals surface area contributed by atoms with Crippen LogP contribution in [0.4, 0.5) is 0 Å². The molecule has 1 unspecified atom stereocenters. The molecule has 0 saturated carbocycles. The third kappa shape index (κ3) is 7.61. The molecule has 0 fully saturated rings. The Balaban J connectivity index is 0.930. The van der Waals surface area contributed by atoms with E-state index in [9.17, 15) is 0 Å². The SMILES string of the molecule is CC1(c2nc(-c3ccccc3)nc(-c3cccc(-c4ccc5c(c4)C(C)(C)c4cc(-c6cccc(-c7nc(-c8ccccc8)nc(-c8ccccc8)n7)c6)ccc4O5)c3)n2)C=CC=CC1. The number of ether oxygens (including phenoxy) is 1. The highest BCUT2D eigenvalue weighted by Crippen LogP contribution is 2.50. The maximum atomic E-state index is 6.66. The maximum Gasteiger partial charge on any atom is 0.164 e. The molecule has 3 heterocycles. The predicted molar refractivity (Wildman–Crippen MR) is 260 cm³/mol. The Bertz CT molecular complexity index is 3250. The Morgan fingerprint density at radius 3 is 1.20 bits per heavy atom. The zero-order valence-electron chi connectivity index (χ0n) is 36.4. The Labute approximate surface area is 379 Å². The van der Waals surface area contributed by atoms with Crippen LogP contribution >= 0.6 is 0 Å². The fourth-order valence-corrected chi connectivity index (χ4v) is 8.82. The van der Waals surface area contributed by atoms with E-state index in [2.05, 4.69) is 130 Å². The van der Waals surface area contributed by atoms with Crippen LogP contribution in [0.2, 0.25) is 0 Å². The van der Waals surface area contributed by atoms with E-state index in [-0.39, 0.29) is 10.8 Å². The van der Waals surface area contributed by atoms with Gasteiger partial charge in [0.1, 0.15) is 17.3 Å². The van der Waals surface area contributed by atoms with Gasteiger partial charge in [-0.3, -0.25) is 0 Å². The number of fused-ring (bicyclic) bond motifs is 2. The summed E-state index contributed by atoms with van der Waals surface area (Å²) in [7, 11) is 0.